The molecular formula is C31H53NO11S. The van der Waals surface area contributed by atoms with Crippen LogP contribution in [-0.2, 0) is 47.6 Å². The normalized spacial score (nSPS) is 22.3. The summed E-state index contributed by atoms with van der Waals surface area (Å²) in [7, 11) is 0. The number of rotatable bonds is 18. The smallest absolute Gasteiger partial charge is 0.407 e. The first-order chi connectivity index (χ1) is 20.6. The number of esters is 4. The molecule has 12 nitrogen and oxygen atoms in total. The number of hydrogen-bond donors (Lipinski definition) is 1. The minimum Gasteiger partial charge on any atom is -0.463 e. The SMILES string of the molecule is CCCCCCCCCCC(CS[C@@H]1O[C@H](COC(C)=O)[C@H](OC(C)=O)[C@H](OC(C)=O)[C@H]1OC(C)=O)NC(=O)OC(C)(C)C. The third-order valence-electron chi connectivity index (χ3n) is 6.54. The first-order valence-electron chi connectivity index (χ1n) is 15.5. The number of nitrogens with one attached hydrogen (secondary N) is 1. The molecule has 0 saturated carbocycles. The maximum Gasteiger partial charge on any atom is 0.407 e. The van der Waals surface area contributed by atoms with Crippen molar-refractivity contribution in [3.05, 3.63) is 0 Å². The summed E-state index contributed by atoms with van der Waals surface area (Å²) < 4.78 is 33.4. The molecule has 1 fully saturated rings. The minimum absolute atomic E-state index is 0.299. The van der Waals surface area contributed by atoms with Crippen molar-refractivity contribution in [3.8, 4) is 0 Å². The summed E-state index contributed by atoms with van der Waals surface area (Å²) in [6, 6.07) is -0.318. The number of hydrogen-bond acceptors (Lipinski definition) is 12. The highest BCUT2D eigenvalue weighted by Crippen LogP contribution is 2.35. The lowest BCUT2D eigenvalue weighted by molar-refractivity contribution is -0.237. The summed E-state index contributed by atoms with van der Waals surface area (Å²) in [4.78, 5) is 60.5. The molecule has 0 spiro atoms. The first-order valence-corrected chi connectivity index (χ1v) is 16.6. The molecule has 1 aliphatic rings. The Morgan fingerprint density at radius 2 is 1.27 bits per heavy atom. The van der Waals surface area contributed by atoms with Crippen LogP contribution in [0.25, 0.3) is 0 Å². The van der Waals surface area contributed by atoms with E-state index >= 15 is 0 Å². The van der Waals surface area contributed by atoms with E-state index in [-0.39, 0.29) is 12.6 Å². The molecule has 1 saturated heterocycles. The number of carbonyl (C=O) groups is 5. The van der Waals surface area contributed by atoms with Crippen molar-refractivity contribution in [2.24, 2.45) is 0 Å². The van der Waals surface area contributed by atoms with Gasteiger partial charge in [-0.25, -0.2) is 4.79 Å². The second kappa shape index (κ2) is 20.5. The molecule has 44 heavy (non-hydrogen) atoms. The second-order valence-corrected chi connectivity index (χ2v) is 13.1. The molecule has 0 bridgehead atoms. The molecule has 0 aromatic carbocycles. The van der Waals surface area contributed by atoms with E-state index in [0.717, 1.165) is 19.3 Å². The third kappa shape index (κ3) is 17.1. The third-order valence-corrected chi connectivity index (χ3v) is 7.84. The maximum absolute atomic E-state index is 12.7. The van der Waals surface area contributed by atoms with E-state index < -0.39 is 65.4 Å². The quantitative estimate of drug-likeness (QED) is 0.118. The van der Waals surface area contributed by atoms with Gasteiger partial charge in [-0.05, 0) is 27.2 Å². The summed E-state index contributed by atoms with van der Waals surface area (Å²) in [5.41, 5.74) is -1.60. The van der Waals surface area contributed by atoms with Gasteiger partial charge in [0.1, 0.15) is 23.7 Å². The lowest BCUT2D eigenvalue weighted by Gasteiger charge is -2.44. The molecule has 1 aliphatic heterocycles. The van der Waals surface area contributed by atoms with Gasteiger partial charge in [0, 0.05) is 39.5 Å². The highest BCUT2D eigenvalue weighted by atomic mass is 32.2. The van der Waals surface area contributed by atoms with Crippen molar-refractivity contribution < 1.29 is 52.4 Å². The van der Waals surface area contributed by atoms with Crippen LogP contribution in [0.2, 0.25) is 0 Å². The van der Waals surface area contributed by atoms with Crippen LogP contribution in [-0.4, -0.2) is 83.8 Å². The minimum atomic E-state index is -1.24. The molecule has 13 heteroatoms. The largest absolute Gasteiger partial charge is 0.463 e. The molecule has 0 radical (unpaired) electrons. The van der Waals surface area contributed by atoms with E-state index in [1.165, 1.54) is 71.6 Å². The monoisotopic (exact) mass is 647 g/mol. The average Bonchev–Trinajstić information content (AvgIpc) is 2.88. The van der Waals surface area contributed by atoms with Crippen LogP contribution < -0.4 is 5.32 Å². The molecule has 0 aromatic rings. The van der Waals surface area contributed by atoms with Crippen LogP contribution in [0.4, 0.5) is 4.79 Å². The fourth-order valence-electron chi connectivity index (χ4n) is 4.73. The summed E-state index contributed by atoms with van der Waals surface area (Å²) in [6.07, 6.45) is 4.56. The summed E-state index contributed by atoms with van der Waals surface area (Å²) in [5.74, 6) is -2.30. The maximum atomic E-state index is 12.7. The molecule has 6 atom stereocenters. The van der Waals surface area contributed by atoms with Gasteiger partial charge in [0.05, 0.1) is 0 Å². The van der Waals surface area contributed by atoms with Crippen LogP contribution >= 0.6 is 11.8 Å². The number of alkyl carbamates (subject to hydrolysis) is 1. The molecule has 1 unspecified atom stereocenters. The van der Waals surface area contributed by atoms with Crippen molar-refractivity contribution in [2.45, 2.75) is 155 Å². The van der Waals surface area contributed by atoms with Gasteiger partial charge in [0.25, 0.3) is 0 Å². The van der Waals surface area contributed by atoms with E-state index in [1.807, 2.05) is 0 Å². The molecule has 1 heterocycles. The van der Waals surface area contributed by atoms with Crippen LogP contribution in [0.15, 0.2) is 0 Å². The Hall–Kier alpha value is -2.54. The molecular weight excluding hydrogens is 594 g/mol. The lowest BCUT2D eigenvalue weighted by Crippen LogP contribution is -2.61. The van der Waals surface area contributed by atoms with Crippen molar-refractivity contribution in [1.82, 2.24) is 5.32 Å². The van der Waals surface area contributed by atoms with Gasteiger partial charge in [0.2, 0.25) is 0 Å². The van der Waals surface area contributed by atoms with Gasteiger partial charge in [-0.2, -0.15) is 0 Å². The highest BCUT2D eigenvalue weighted by Gasteiger charge is 2.52. The van der Waals surface area contributed by atoms with E-state index in [9.17, 15) is 24.0 Å². The van der Waals surface area contributed by atoms with E-state index in [2.05, 4.69) is 12.2 Å². The predicted octanol–water partition coefficient (Wildman–Crippen LogP) is 5.23. The van der Waals surface area contributed by atoms with Crippen molar-refractivity contribution in [3.63, 3.8) is 0 Å². The van der Waals surface area contributed by atoms with Crippen LogP contribution in [0.1, 0.15) is 113 Å². The number of thioether (sulfide) groups is 1. The van der Waals surface area contributed by atoms with Gasteiger partial charge in [-0.15, -0.1) is 11.8 Å². The van der Waals surface area contributed by atoms with Crippen molar-refractivity contribution in [1.29, 1.82) is 0 Å². The van der Waals surface area contributed by atoms with Crippen molar-refractivity contribution in [2.75, 3.05) is 12.4 Å². The molecule has 0 aromatic heterocycles. The molecule has 1 N–H and O–H groups in total. The summed E-state index contributed by atoms with van der Waals surface area (Å²) in [5, 5.41) is 2.95. The Morgan fingerprint density at radius 3 is 1.80 bits per heavy atom. The van der Waals surface area contributed by atoms with Crippen molar-refractivity contribution >= 4 is 41.7 Å². The Labute approximate surface area is 266 Å². The first kappa shape index (κ1) is 39.5. The number of unbranched alkanes of at least 4 members (excludes halogenated alkanes) is 7. The Balaban J connectivity index is 3.15. The summed E-state index contributed by atoms with van der Waals surface area (Å²) in [6.45, 7) is 12.0. The standard InChI is InChI=1S/C31H53NO11S/c1-9-10-11-12-13-14-15-16-17-24(32-30(37)43-31(6,7)8)19-44-29-28(41-23(5)36)27(40-22(4)35)26(39-21(3)34)25(42-29)18-38-20(2)33/h24-29H,9-19H2,1-8H3,(H,32,37)/t24?,25-,26+,27+,28-,29+/m1/s1. The lowest BCUT2D eigenvalue weighted by atomic mass is 9.99. The van der Waals surface area contributed by atoms with Crippen LogP contribution in [0.3, 0.4) is 0 Å². The Morgan fingerprint density at radius 1 is 0.750 bits per heavy atom. The molecule has 1 rings (SSSR count). The molecule has 0 aliphatic carbocycles. The van der Waals surface area contributed by atoms with Crippen LogP contribution in [0.5, 0.6) is 0 Å². The van der Waals surface area contributed by atoms with Gasteiger partial charge < -0.3 is 33.7 Å². The Bertz CT molecular complexity index is 923. The average molecular weight is 648 g/mol. The highest BCUT2D eigenvalue weighted by molar-refractivity contribution is 7.99. The van der Waals surface area contributed by atoms with Gasteiger partial charge >= 0.3 is 30.0 Å². The topological polar surface area (TPSA) is 153 Å². The number of carbonyl (C=O) groups excluding carboxylic acids is 5. The van der Waals surface area contributed by atoms with E-state index in [0.29, 0.717) is 12.2 Å². The zero-order chi connectivity index (χ0) is 33.3. The van der Waals surface area contributed by atoms with E-state index in [1.54, 1.807) is 20.8 Å². The predicted molar refractivity (Wildman–Crippen MR) is 165 cm³/mol. The number of ether oxygens (including phenoxy) is 6. The number of amides is 1. The van der Waals surface area contributed by atoms with Gasteiger partial charge in [-0.3, -0.25) is 19.2 Å². The summed E-state index contributed by atoms with van der Waals surface area (Å²) >= 11 is 1.24. The zero-order valence-corrected chi connectivity index (χ0v) is 28.5. The van der Waals surface area contributed by atoms with Gasteiger partial charge in [-0.1, -0.05) is 58.3 Å². The fourth-order valence-corrected chi connectivity index (χ4v) is 6.02. The van der Waals surface area contributed by atoms with Crippen LogP contribution in [0, 0.1) is 0 Å². The van der Waals surface area contributed by atoms with Gasteiger partial charge in [0.15, 0.2) is 18.3 Å². The molecule has 1 amide bonds. The molecule has 254 valence electrons. The fraction of sp³-hybridized carbons (Fsp3) is 0.839. The second-order valence-electron chi connectivity index (χ2n) is 12.0. The Kier molecular flexibility index (Phi) is 18.4. The van der Waals surface area contributed by atoms with E-state index in [4.69, 9.17) is 28.4 Å². The zero-order valence-electron chi connectivity index (χ0n) is 27.6.